The van der Waals surface area contributed by atoms with Gasteiger partial charge in [0.15, 0.2) is 5.82 Å². The number of hydrogen-bond donors (Lipinski definition) is 0. The van der Waals surface area contributed by atoms with Gasteiger partial charge in [-0.25, -0.2) is 14.4 Å². The van der Waals surface area contributed by atoms with Crippen LogP contribution in [-0.4, -0.2) is 19.5 Å². The molecule has 0 saturated heterocycles. The molecule has 0 N–H and O–H groups in total. The third-order valence-electron chi connectivity index (χ3n) is 8.02. The van der Waals surface area contributed by atoms with Crippen molar-refractivity contribution in [1.29, 1.82) is 0 Å². The molecule has 4 nitrogen and oxygen atoms in total. The monoisotopic (exact) mass is 568 g/mol. The summed E-state index contributed by atoms with van der Waals surface area (Å²) >= 11 is 0. The van der Waals surface area contributed by atoms with Gasteiger partial charge >= 0.3 is 0 Å². The molecule has 208 valence electrons. The summed E-state index contributed by atoms with van der Waals surface area (Å²) in [4.78, 5) is 14.0. The summed E-state index contributed by atoms with van der Waals surface area (Å²) in [6.07, 6.45) is 3.59. The lowest BCUT2D eigenvalue weighted by Gasteiger charge is -2.12. The van der Waals surface area contributed by atoms with Gasteiger partial charge in [0.05, 0.1) is 22.4 Å². The van der Waals surface area contributed by atoms with Crippen molar-refractivity contribution in [1.82, 2.24) is 19.5 Å². The summed E-state index contributed by atoms with van der Waals surface area (Å²) in [5.41, 5.74) is 9.89. The summed E-state index contributed by atoms with van der Waals surface area (Å²) in [6, 6.07) is 46.1. The normalized spacial score (nSPS) is 11.3. The molecule has 0 bridgehead atoms. The van der Waals surface area contributed by atoms with Gasteiger partial charge in [-0.15, -0.1) is 0 Å². The van der Waals surface area contributed by atoms with Crippen molar-refractivity contribution < 1.29 is 4.39 Å². The molecule has 8 rings (SSSR count). The number of pyridine rings is 1. The van der Waals surface area contributed by atoms with Crippen molar-refractivity contribution >= 4 is 21.8 Å². The lowest BCUT2D eigenvalue weighted by atomic mass is 10.0. The van der Waals surface area contributed by atoms with E-state index in [2.05, 4.69) is 107 Å². The molecule has 5 aromatic carbocycles. The fourth-order valence-corrected chi connectivity index (χ4v) is 5.83. The Bertz CT molecular complexity index is 2200. The predicted molar refractivity (Wildman–Crippen MR) is 176 cm³/mol. The smallest absolute Gasteiger partial charge is 0.160 e. The highest BCUT2D eigenvalue weighted by molar-refractivity contribution is 6.09. The van der Waals surface area contributed by atoms with Gasteiger partial charge in [0.1, 0.15) is 5.82 Å². The average Bonchev–Trinajstić information content (AvgIpc) is 3.43. The van der Waals surface area contributed by atoms with E-state index in [1.807, 2.05) is 18.2 Å². The number of nitrogens with zero attached hydrogens (tertiary/aromatic N) is 4. The van der Waals surface area contributed by atoms with E-state index in [0.717, 1.165) is 44.9 Å². The molecule has 0 unspecified atom stereocenters. The molecule has 0 aliphatic rings. The zero-order valence-corrected chi connectivity index (χ0v) is 23.6. The molecule has 5 heteroatoms. The van der Waals surface area contributed by atoms with Gasteiger partial charge in [0.25, 0.3) is 0 Å². The molecule has 0 radical (unpaired) electrons. The Hall–Kier alpha value is -5.94. The van der Waals surface area contributed by atoms with E-state index in [9.17, 15) is 4.39 Å². The Balaban J connectivity index is 1.22. The molecule has 0 atom stereocenters. The van der Waals surface area contributed by atoms with Crippen molar-refractivity contribution in [3.05, 3.63) is 158 Å². The van der Waals surface area contributed by atoms with Gasteiger partial charge in [-0.1, -0.05) is 72.8 Å². The number of aromatic nitrogens is 4. The van der Waals surface area contributed by atoms with Crippen LogP contribution in [0.2, 0.25) is 0 Å². The van der Waals surface area contributed by atoms with Gasteiger partial charge in [0, 0.05) is 45.5 Å². The summed E-state index contributed by atoms with van der Waals surface area (Å²) in [6.45, 7) is 0. The number of halogens is 1. The van der Waals surface area contributed by atoms with Crippen LogP contribution in [0.25, 0.3) is 72.5 Å². The fraction of sp³-hybridized carbons (Fsp3) is 0. The van der Waals surface area contributed by atoms with Crippen LogP contribution in [0.5, 0.6) is 0 Å². The number of para-hydroxylation sites is 2. The molecule has 0 aliphatic carbocycles. The van der Waals surface area contributed by atoms with Gasteiger partial charge in [-0.05, 0) is 77.9 Å². The third-order valence-corrected chi connectivity index (χ3v) is 8.02. The molecule has 44 heavy (non-hydrogen) atoms. The van der Waals surface area contributed by atoms with Crippen molar-refractivity contribution in [3.8, 4) is 50.7 Å². The Morgan fingerprint density at radius 2 is 0.932 bits per heavy atom. The van der Waals surface area contributed by atoms with E-state index in [-0.39, 0.29) is 5.82 Å². The van der Waals surface area contributed by atoms with Crippen molar-refractivity contribution in [2.24, 2.45) is 0 Å². The minimum absolute atomic E-state index is 0.294. The minimum Gasteiger partial charge on any atom is -0.309 e. The standard InChI is InChI=1S/C39H25FN4/c40-31-17-13-30(14-18-31)39-42-35(28-11-9-26(10-12-28)27-21-23-41-24-22-27)25-36(43-39)29-15-19-32(20-16-29)44-37-7-3-1-5-33(37)34-6-2-4-8-38(34)44/h1-25H. The summed E-state index contributed by atoms with van der Waals surface area (Å²) < 4.78 is 16.1. The van der Waals surface area contributed by atoms with Crippen LogP contribution < -0.4 is 0 Å². The molecule has 3 heterocycles. The van der Waals surface area contributed by atoms with Crippen LogP contribution in [0.3, 0.4) is 0 Å². The summed E-state index contributed by atoms with van der Waals surface area (Å²) in [7, 11) is 0. The highest BCUT2D eigenvalue weighted by Gasteiger charge is 2.14. The zero-order valence-electron chi connectivity index (χ0n) is 23.6. The van der Waals surface area contributed by atoms with E-state index < -0.39 is 0 Å². The van der Waals surface area contributed by atoms with Crippen LogP contribution in [0.1, 0.15) is 0 Å². The average molecular weight is 569 g/mol. The van der Waals surface area contributed by atoms with Crippen LogP contribution in [-0.2, 0) is 0 Å². The molecule has 0 fully saturated rings. The number of fused-ring (bicyclic) bond motifs is 3. The Morgan fingerprint density at radius 1 is 0.455 bits per heavy atom. The SMILES string of the molecule is Fc1ccc(-c2nc(-c3ccc(-c4ccncc4)cc3)cc(-c3ccc(-n4c5ccccc5c5ccccc54)cc3)n2)cc1. The first-order valence-corrected chi connectivity index (χ1v) is 14.5. The fourth-order valence-electron chi connectivity index (χ4n) is 5.83. The first kappa shape index (κ1) is 25.7. The molecular formula is C39H25FN4. The lowest BCUT2D eigenvalue weighted by Crippen LogP contribution is -1.97. The van der Waals surface area contributed by atoms with Gasteiger partial charge < -0.3 is 4.57 Å². The summed E-state index contributed by atoms with van der Waals surface area (Å²) in [5.74, 6) is 0.250. The Labute approximate surface area is 253 Å². The zero-order chi connectivity index (χ0) is 29.5. The van der Waals surface area contributed by atoms with Crippen molar-refractivity contribution in [3.63, 3.8) is 0 Å². The molecule has 3 aromatic heterocycles. The van der Waals surface area contributed by atoms with E-state index >= 15 is 0 Å². The number of rotatable bonds is 5. The second-order valence-electron chi connectivity index (χ2n) is 10.7. The van der Waals surface area contributed by atoms with Gasteiger partial charge in [0.2, 0.25) is 0 Å². The quantitative estimate of drug-likeness (QED) is 0.208. The first-order chi connectivity index (χ1) is 21.7. The second-order valence-corrected chi connectivity index (χ2v) is 10.7. The highest BCUT2D eigenvalue weighted by atomic mass is 19.1. The molecule has 0 saturated carbocycles. The Kier molecular flexibility index (Phi) is 6.27. The van der Waals surface area contributed by atoms with Crippen molar-refractivity contribution in [2.75, 3.05) is 0 Å². The maximum absolute atomic E-state index is 13.8. The summed E-state index contributed by atoms with van der Waals surface area (Å²) in [5, 5.41) is 2.46. The van der Waals surface area contributed by atoms with E-state index in [1.54, 1.807) is 24.5 Å². The third kappa shape index (κ3) is 4.61. The molecule has 0 amide bonds. The largest absolute Gasteiger partial charge is 0.309 e. The number of benzene rings is 5. The predicted octanol–water partition coefficient (Wildman–Crippen LogP) is 9.78. The van der Waals surface area contributed by atoms with Gasteiger partial charge in [-0.3, -0.25) is 4.98 Å². The van der Waals surface area contributed by atoms with Crippen LogP contribution in [0, 0.1) is 5.82 Å². The lowest BCUT2D eigenvalue weighted by molar-refractivity contribution is 0.628. The second kappa shape index (κ2) is 10.7. The van der Waals surface area contributed by atoms with Crippen LogP contribution >= 0.6 is 0 Å². The highest BCUT2D eigenvalue weighted by Crippen LogP contribution is 2.33. The van der Waals surface area contributed by atoms with E-state index in [0.29, 0.717) is 5.82 Å². The van der Waals surface area contributed by atoms with Crippen LogP contribution in [0.4, 0.5) is 4.39 Å². The van der Waals surface area contributed by atoms with Gasteiger partial charge in [-0.2, -0.15) is 0 Å². The maximum Gasteiger partial charge on any atom is 0.160 e. The molecule has 8 aromatic rings. The Morgan fingerprint density at radius 3 is 1.52 bits per heavy atom. The topological polar surface area (TPSA) is 43.6 Å². The maximum atomic E-state index is 13.8. The van der Waals surface area contributed by atoms with E-state index in [1.165, 1.54) is 33.9 Å². The molecule has 0 spiro atoms. The molecular weight excluding hydrogens is 543 g/mol. The molecule has 0 aliphatic heterocycles. The van der Waals surface area contributed by atoms with Crippen molar-refractivity contribution in [2.45, 2.75) is 0 Å². The first-order valence-electron chi connectivity index (χ1n) is 14.5. The van der Waals surface area contributed by atoms with Crippen LogP contribution in [0.15, 0.2) is 152 Å². The number of hydrogen-bond acceptors (Lipinski definition) is 3. The van der Waals surface area contributed by atoms with E-state index in [4.69, 9.17) is 9.97 Å². The minimum atomic E-state index is -0.294.